The molecule has 4 atom stereocenters. The van der Waals surface area contributed by atoms with Crippen LogP contribution in [0.2, 0.25) is 0 Å². The number of piperidine rings is 1. The van der Waals surface area contributed by atoms with Crippen LogP contribution < -0.4 is 5.32 Å². The van der Waals surface area contributed by atoms with Crippen molar-refractivity contribution in [3.63, 3.8) is 0 Å². The van der Waals surface area contributed by atoms with Gasteiger partial charge in [0.05, 0.1) is 17.0 Å². The van der Waals surface area contributed by atoms with Crippen molar-refractivity contribution < 1.29 is 23.0 Å². The Bertz CT molecular complexity index is 994. The van der Waals surface area contributed by atoms with Crippen LogP contribution in [0, 0.1) is 6.92 Å². The molecule has 2 aliphatic rings. The Hall–Kier alpha value is -1.81. The van der Waals surface area contributed by atoms with E-state index < -0.39 is 40.2 Å². The third-order valence-corrected chi connectivity index (χ3v) is 7.72. The van der Waals surface area contributed by atoms with Crippen molar-refractivity contribution in [2.45, 2.75) is 62.4 Å². The second-order valence-electron chi connectivity index (χ2n) is 8.70. The third-order valence-electron chi connectivity index (χ3n) is 5.81. The largest absolute Gasteiger partial charge is 0.389 e. The fourth-order valence-electron chi connectivity index (χ4n) is 4.30. The van der Waals surface area contributed by atoms with Gasteiger partial charge in [-0.2, -0.15) is 4.31 Å². The third kappa shape index (κ3) is 4.69. The molecule has 2 N–H and O–H groups in total. The van der Waals surface area contributed by atoms with E-state index in [1.807, 2.05) is 37.3 Å². The maximum Gasteiger partial charge on any atom is 0.243 e. The summed E-state index contributed by atoms with van der Waals surface area (Å²) < 4.78 is 40.4. The maximum absolute atomic E-state index is 13.5. The summed E-state index contributed by atoms with van der Waals surface area (Å²) in [6.45, 7) is 6.39. The lowest BCUT2D eigenvalue weighted by Crippen LogP contribution is -2.64. The van der Waals surface area contributed by atoms with E-state index in [2.05, 4.69) is 5.32 Å². The number of nitrogens with one attached hydrogen (secondary N) is 1. The Kier molecular flexibility index (Phi) is 6.22. The fraction of sp³-hybridized carbons (Fsp3) is 0.478. The number of sulfonamides is 1. The van der Waals surface area contributed by atoms with E-state index in [0.717, 1.165) is 11.1 Å². The van der Waals surface area contributed by atoms with Gasteiger partial charge in [-0.1, -0.05) is 48.0 Å². The van der Waals surface area contributed by atoms with Gasteiger partial charge in [0.15, 0.2) is 5.79 Å². The first kappa shape index (κ1) is 22.4. The quantitative estimate of drug-likeness (QED) is 0.706. The average molecular weight is 447 g/mol. The van der Waals surface area contributed by atoms with Crippen LogP contribution in [0.4, 0.5) is 0 Å². The van der Waals surface area contributed by atoms with E-state index in [-0.39, 0.29) is 11.4 Å². The summed E-state index contributed by atoms with van der Waals surface area (Å²) in [7, 11) is -3.83. The van der Waals surface area contributed by atoms with Gasteiger partial charge in [-0.3, -0.25) is 0 Å². The molecular formula is C23H30N2O5S. The van der Waals surface area contributed by atoms with Gasteiger partial charge in [-0.05, 0) is 38.5 Å². The molecule has 31 heavy (non-hydrogen) atoms. The van der Waals surface area contributed by atoms with Crippen LogP contribution in [-0.2, 0) is 26.0 Å². The van der Waals surface area contributed by atoms with E-state index in [1.165, 1.54) is 4.31 Å². The fourth-order valence-corrected chi connectivity index (χ4v) is 5.95. The number of aliphatic hydroxyl groups excluding tert-OH is 1. The van der Waals surface area contributed by atoms with Gasteiger partial charge in [-0.15, -0.1) is 0 Å². The first-order valence-corrected chi connectivity index (χ1v) is 12.0. The number of fused-ring (bicyclic) bond motifs is 1. The summed E-state index contributed by atoms with van der Waals surface area (Å²) in [5, 5.41) is 14.1. The first-order chi connectivity index (χ1) is 14.7. The zero-order valence-corrected chi connectivity index (χ0v) is 18.9. The second-order valence-corrected chi connectivity index (χ2v) is 10.6. The van der Waals surface area contributed by atoms with Crippen molar-refractivity contribution >= 4 is 10.0 Å². The van der Waals surface area contributed by atoms with Crippen molar-refractivity contribution in [1.82, 2.24) is 9.62 Å². The molecule has 0 unspecified atom stereocenters. The summed E-state index contributed by atoms with van der Waals surface area (Å²) in [5.41, 5.74) is 2.08. The molecule has 0 aliphatic carbocycles. The van der Waals surface area contributed by atoms with Gasteiger partial charge in [0, 0.05) is 19.6 Å². The van der Waals surface area contributed by atoms with E-state index in [0.29, 0.717) is 13.1 Å². The van der Waals surface area contributed by atoms with Crippen LogP contribution >= 0.6 is 0 Å². The Morgan fingerprint density at radius 2 is 1.71 bits per heavy atom. The number of hydrogen-bond acceptors (Lipinski definition) is 6. The zero-order valence-electron chi connectivity index (χ0n) is 18.1. The SMILES string of the molecule is Cc1ccc(S(=O)(=O)N2C[C@@H](O)[C@H]3OC(C)(C)O[C@@H]3[C@H]2CNCc2ccccc2)cc1. The Morgan fingerprint density at radius 1 is 1.06 bits per heavy atom. The van der Waals surface area contributed by atoms with Crippen LogP contribution in [0.25, 0.3) is 0 Å². The molecule has 2 fully saturated rings. The Morgan fingerprint density at radius 3 is 2.39 bits per heavy atom. The minimum atomic E-state index is -3.83. The summed E-state index contributed by atoms with van der Waals surface area (Å²) >= 11 is 0. The van der Waals surface area contributed by atoms with Gasteiger partial charge >= 0.3 is 0 Å². The number of β-amino-alcohol motifs (C(OH)–C–C–N with tert-alkyl or cyclic N) is 1. The summed E-state index contributed by atoms with van der Waals surface area (Å²) in [4.78, 5) is 0.204. The van der Waals surface area contributed by atoms with Crippen molar-refractivity contribution in [1.29, 1.82) is 0 Å². The molecule has 0 radical (unpaired) electrons. The number of benzene rings is 2. The van der Waals surface area contributed by atoms with Crippen molar-refractivity contribution in [3.8, 4) is 0 Å². The minimum Gasteiger partial charge on any atom is -0.389 e. The molecule has 2 aromatic rings. The molecule has 8 heteroatoms. The second kappa shape index (κ2) is 8.61. The average Bonchev–Trinajstić information content (AvgIpc) is 3.06. The molecule has 2 saturated heterocycles. The van der Waals surface area contributed by atoms with Gasteiger partial charge in [0.25, 0.3) is 0 Å². The van der Waals surface area contributed by atoms with E-state index in [1.54, 1.807) is 38.1 Å². The van der Waals surface area contributed by atoms with Gasteiger partial charge in [0.1, 0.15) is 12.2 Å². The predicted octanol–water partition coefficient (Wildman–Crippen LogP) is 2.04. The normalized spacial score (nSPS) is 28.4. The van der Waals surface area contributed by atoms with Crippen LogP contribution in [0.3, 0.4) is 0 Å². The highest BCUT2D eigenvalue weighted by Gasteiger charge is 2.55. The molecule has 168 valence electrons. The Balaban J connectivity index is 1.62. The highest BCUT2D eigenvalue weighted by molar-refractivity contribution is 7.89. The van der Waals surface area contributed by atoms with Gasteiger partial charge in [-0.25, -0.2) is 8.42 Å². The van der Waals surface area contributed by atoms with Crippen LogP contribution in [0.15, 0.2) is 59.5 Å². The lowest BCUT2D eigenvalue weighted by Gasteiger charge is -2.42. The molecule has 4 rings (SSSR count). The maximum atomic E-state index is 13.5. The van der Waals surface area contributed by atoms with Gasteiger partial charge < -0.3 is 19.9 Å². The summed E-state index contributed by atoms with van der Waals surface area (Å²) in [5.74, 6) is -0.891. The summed E-state index contributed by atoms with van der Waals surface area (Å²) in [6, 6.07) is 16.2. The highest BCUT2D eigenvalue weighted by atomic mass is 32.2. The molecular weight excluding hydrogens is 416 g/mol. The number of hydrogen-bond donors (Lipinski definition) is 2. The van der Waals surface area contributed by atoms with Crippen LogP contribution in [-0.4, -0.2) is 61.1 Å². The molecule has 2 aliphatic heterocycles. The lowest BCUT2D eigenvalue weighted by atomic mass is 9.96. The minimum absolute atomic E-state index is 0.0471. The smallest absolute Gasteiger partial charge is 0.243 e. The highest BCUT2D eigenvalue weighted by Crippen LogP contribution is 2.38. The standard InChI is InChI=1S/C23H30N2O5S/c1-16-9-11-18(12-10-16)31(27,28)25-15-20(26)22-21(29-23(2,3)30-22)19(25)14-24-13-17-7-5-4-6-8-17/h4-12,19-22,24,26H,13-15H2,1-3H3/t19-,20-,21-,22-/m1/s1. The molecule has 2 heterocycles. The van der Waals surface area contributed by atoms with Crippen molar-refractivity contribution in [2.24, 2.45) is 0 Å². The van der Waals surface area contributed by atoms with Crippen LogP contribution in [0.1, 0.15) is 25.0 Å². The van der Waals surface area contributed by atoms with Gasteiger partial charge in [0.2, 0.25) is 10.0 Å². The van der Waals surface area contributed by atoms with E-state index >= 15 is 0 Å². The molecule has 0 aromatic heterocycles. The van der Waals surface area contributed by atoms with Crippen molar-refractivity contribution in [3.05, 3.63) is 65.7 Å². The number of aryl methyl sites for hydroxylation is 1. The number of nitrogens with zero attached hydrogens (tertiary/aromatic N) is 1. The van der Waals surface area contributed by atoms with Crippen molar-refractivity contribution in [2.75, 3.05) is 13.1 Å². The summed E-state index contributed by atoms with van der Waals surface area (Å²) in [6.07, 6.45) is -2.14. The molecule has 0 bridgehead atoms. The first-order valence-electron chi connectivity index (χ1n) is 10.5. The number of rotatable bonds is 6. The molecule has 0 spiro atoms. The number of ether oxygens (including phenoxy) is 2. The lowest BCUT2D eigenvalue weighted by molar-refractivity contribution is -0.153. The predicted molar refractivity (Wildman–Crippen MR) is 117 cm³/mol. The molecule has 0 saturated carbocycles. The molecule has 7 nitrogen and oxygen atoms in total. The Labute approximate surface area is 184 Å². The number of aliphatic hydroxyl groups is 1. The zero-order chi connectivity index (χ0) is 22.2. The molecule has 0 amide bonds. The molecule has 2 aromatic carbocycles. The monoisotopic (exact) mass is 446 g/mol. The van der Waals surface area contributed by atoms with E-state index in [4.69, 9.17) is 9.47 Å². The van der Waals surface area contributed by atoms with Crippen LogP contribution in [0.5, 0.6) is 0 Å². The van der Waals surface area contributed by atoms with E-state index in [9.17, 15) is 13.5 Å². The topological polar surface area (TPSA) is 88.1 Å².